The molecule has 4 nitrogen and oxygen atoms in total. The van der Waals surface area contributed by atoms with Crippen molar-refractivity contribution in [1.29, 1.82) is 0 Å². The number of benzene rings is 1. The second-order valence-corrected chi connectivity index (χ2v) is 4.03. The third-order valence-electron chi connectivity index (χ3n) is 2.00. The molecule has 2 aromatic rings. The van der Waals surface area contributed by atoms with E-state index in [4.69, 9.17) is 23.2 Å². The van der Waals surface area contributed by atoms with E-state index < -0.39 is 11.7 Å². The van der Waals surface area contributed by atoms with Crippen LogP contribution < -0.4 is 5.32 Å². The largest absolute Gasteiger partial charge is 0.306 e. The van der Waals surface area contributed by atoms with Crippen molar-refractivity contribution in [3.8, 4) is 0 Å². The molecule has 0 aliphatic rings. The van der Waals surface area contributed by atoms with Gasteiger partial charge in [-0.25, -0.2) is 14.4 Å². The number of aromatic nitrogens is 2. The summed E-state index contributed by atoms with van der Waals surface area (Å²) in [6.45, 7) is 0. The lowest BCUT2D eigenvalue weighted by molar-refractivity contribution is 0.102. The molecule has 0 saturated heterocycles. The zero-order valence-electron chi connectivity index (χ0n) is 8.82. The first-order valence-electron chi connectivity index (χ1n) is 4.81. The standard InChI is InChI=1S/C11H6Cl2FN3O/c12-8-5-9(17-11(13)15-8)16-10(18)6-2-1-3-7(14)4-6/h1-5H,(H,15,16,17,18). The number of amides is 1. The minimum absolute atomic E-state index is 0.0861. The van der Waals surface area contributed by atoms with Gasteiger partial charge in [0.2, 0.25) is 5.28 Å². The van der Waals surface area contributed by atoms with Crippen LogP contribution in [0, 0.1) is 5.82 Å². The number of anilines is 1. The molecule has 1 amide bonds. The second kappa shape index (κ2) is 5.29. The van der Waals surface area contributed by atoms with Gasteiger partial charge in [-0.2, -0.15) is 0 Å². The van der Waals surface area contributed by atoms with Gasteiger partial charge in [-0.1, -0.05) is 17.7 Å². The predicted molar refractivity (Wildman–Crippen MR) is 66.4 cm³/mol. The first kappa shape index (κ1) is 12.7. The van der Waals surface area contributed by atoms with Crippen LogP contribution in [0.3, 0.4) is 0 Å². The molecule has 0 saturated carbocycles. The Kier molecular flexibility index (Phi) is 3.74. The van der Waals surface area contributed by atoms with E-state index in [0.29, 0.717) is 0 Å². The first-order chi connectivity index (χ1) is 8.54. The van der Waals surface area contributed by atoms with Gasteiger partial charge in [0.25, 0.3) is 5.91 Å². The van der Waals surface area contributed by atoms with E-state index in [2.05, 4.69) is 15.3 Å². The number of nitrogens with one attached hydrogen (secondary N) is 1. The highest BCUT2D eigenvalue weighted by atomic mass is 35.5. The summed E-state index contributed by atoms with van der Waals surface area (Å²) in [7, 11) is 0. The highest BCUT2D eigenvalue weighted by Gasteiger charge is 2.09. The molecule has 0 aliphatic heterocycles. The molecule has 1 heterocycles. The number of hydrogen-bond donors (Lipinski definition) is 1. The van der Waals surface area contributed by atoms with E-state index in [0.717, 1.165) is 6.07 Å². The molecule has 92 valence electrons. The van der Waals surface area contributed by atoms with E-state index in [-0.39, 0.29) is 21.8 Å². The highest BCUT2D eigenvalue weighted by molar-refractivity contribution is 6.32. The molecule has 1 aromatic carbocycles. The summed E-state index contributed by atoms with van der Waals surface area (Å²) in [5.74, 6) is -0.865. The van der Waals surface area contributed by atoms with Crippen LogP contribution in [0.2, 0.25) is 10.4 Å². The van der Waals surface area contributed by atoms with Crippen molar-refractivity contribution in [2.45, 2.75) is 0 Å². The SMILES string of the molecule is O=C(Nc1cc(Cl)nc(Cl)n1)c1cccc(F)c1. The minimum Gasteiger partial charge on any atom is -0.306 e. The normalized spacial score (nSPS) is 10.2. The summed E-state index contributed by atoms with van der Waals surface area (Å²) < 4.78 is 12.9. The Morgan fingerprint density at radius 3 is 2.67 bits per heavy atom. The maximum Gasteiger partial charge on any atom is 0.256 e. The number of hydrogen-bond acceptors (Lipinski definition) is 3. The average Bonchev–Trinajstić information content (AvgIpc) is 2.27. The van der Waals surface area contributed by atoms with Crippen molar-refractivity contribution in [1.82, 2.24) is 9.97 Å². The smallest absolute Gasteiger partial charge is 0.256 e. The molecule has 7 heteroatoms. The molecular weight excluding hydrogens is 280 g/mol. The summed E-state index contributed by atoms with van der Waals surface area (Å²) in [6.07, 6.45) is 0. The van der Waals surface area contributed by atoms with Gasteiger partial charge in [-0.15, -0.1) is 0 Å². The van der Waals surface area contributed by atoms with E-state index in [1.807, 2.05) is 0 Å². The zero-order chi connectivity index (χ0) is 13.1. The van der Waals surface area contributed by atoms with Crippen molar-refractivity contribution in [2.75, 3.05) is 5.32 Å². The summed E-state index contributed by atoms with van der Waals surface area (Å²) in [5.41, 5.74) is 0.167. The Balaban J connectivity index is 2.21. The fourth-order valence-corrected chi connectivity index (χ4v) is 1.68. The van der Waals surface area contributed by atoms with Crippen molar-refractivity contribution in [3.05, 3.63) is 52.1 Å². The number of rotatable bonds is 2. The Labute approximate surface area is 112 Å². The second-order valence-electron chi connectivity index (χ2n) is 3.31. The quantitative estimate of drug-likeness (QED) is 0.681. The zero-order valence-corrected chi connectivity index (χ0v) is 10.3. The van der Waals surface area contributed by atoms with E-state index in [9.17, 15) is 9.18 Å². The molecule has 0 bridgehead atoms. The summed E-state index contributed by atoms with van der Waals surface area (Å²) in [4.78, 5) is 19.2. The average molecular weight is 286 g/mol. The van der Waals surface area contributed by atoms with Gasteiger partial charge < -0.3 is 5.32 Å². The van der Waals surface area contributed by atoms with Crippen LogP contribution in [0.1, 0.15) is 10.4 Å². The predicted octanol–water partition coefficient (Wildman–Crippen LogP) is 3.17. The third kappa shape index (κ3) is 3.15. The van der Waals surface area contributed by atoms with Crippen LogP contribution in [-0.2, 0) is 0 Å². The van der Waals surface area contributed by atoms with Crippen LogP contribution in [0.15, 0.2) is 30.3 Å². The molecule has 0 aliphatic carbocycles. The maximum atomic E-state index is 12.9. The van der Waals surface area contributed by atoms with Gasteiger partial charge in [0.05, 0.1) is 0 Å². The van der Waals surface area contributed by atoms with Gasteiger partial charge in [-0.3, -0.25) is 4.79 Å². The topological polar surface area (TPSA) is 54.9 Å². The van der Waals surface area contributed by atoms with Crippen LogP contribution >= 0.6 is 23.2 Å². The monoisotopic (exact) mass is 285 g/mol. The van der Waals surface area contributed by atoms with E-state index >= 15 is 0 Å². The number of carbonyl (C=O) groups is 1. The van der Waals surface area contributed by atoms with Crippen molar-refractivity contribution in [3.63, 3.8) is 0 Å². The Bertz CT molecular complexity index is 586. The lowest BCUT2D eigenvalue weighted by atomic mass is 10.2. The molecular formula is C11H6Cl2FN3O. The molecule has 1 N–H and O–H groups in total. The van der Waals surface area contributed by atoms with Gasteiger partial charge in [0.15, 0.2) is 0 Å². The van der Waals surface area contributed by atoms with Gasteiger partial charge in [0, 0.05) is 11.6 Å². The van der Waals surface area contributed by atoms with Crippen LogP contribution in [0.4, 0.5) is 10.2 Å². The molecule has 0 fully saturated rings. The molecule has 0 unspecified atom stereocenters. The van der Waals surface area contributed by atoms with Gasteiger partial charge >= 0.3 is 0 Å². The molecule has 2 rings (SSSR count). The number of carbonyl (C=O) groups excluding carboxylic acids is 1. The Morgan fingerprint density at radius 2 is 2.00 bits per heavy atom. The fraction of sp³-hybridized carbons (Fsp3) is 0. The minimum atomic E-state index is -0.514. The third-order valence-corrected chi connectivity index (χ3v) is 2.36. The summed E-state index contributed by atoms with van der Waals surface area (Å²) >= 11 is 11.2. The van der Waals surface area contributed by atoms with Crippen LogP contribution in [0.25, 0.3) is 0 Å². The lowest BCUT2D eigenvalue weighted by Gasteiger charge is -2.04. The Morgan fingerprint density at radius 1 is 1.22 bits per heavy atom. The summed E-state index contributed by atoms with van der Waals surface area (Å²) in [6, 6.07) is 6.60. The molecule has 1 aromatic heterocycles. The highest BCUT2D eigenvalue weighted by Crippen LogP contribution is 2.15. The van der Waals surface area contributed by atoms with Crippen molar-refractivity contribution >= 4 is 34.9 Å². The van der Waals surface area contributed by atoms with Crippen LogP contribution in [0.5, 0.6) is 0 Å². The number of nitrogens with zero attached hydrogens (tertiary/aromatic N) is 2. The molecule has 0 atom stereocenters. The molecule has 0 spiro atoms. The first-order valence-corrected chi connectivity index (χ1v) is 5.57. The Hall–Kier alpha value is -1.72. The van der Waals surface area contributed by atoms with Crippen molar-refractivity contribution in [2.24, 2.45) is 0 Å². The van der Waals surface area contributed by atoms with Gasteiger partial charge in [-0.05, 0) is 29.8 Å². The lowest BCUT2D eigenvalue weighted by Crippen LogP contribution is -2.13. The molecule has 0 radical (unpaired) electrons. The van der Waals surface area contributed by atoms with Crippen molar-refractivity contribution < 1.29 is 9.18 Å². The molecule has 18 heavy (non-hydrogen) atoms. The van der Waals surface area contributed by atoms with E-state index in [1.165, 1.54) is 24.3 Å². The van der Waals surface area contributed by atoms with Gasteiger partial charge in [0.1, 0.15) is 16.8 Å². The fourth-order valence-electron chi connectivity index (χ4n) is 1.27. The van der Waals surface area contributed by atoms with Crippen LogP contribution in [-0.4, -0.2) is 15.9 Å². The maximum absolute atomic E-state index is 12.9. The number of halogens is 3. The summed E-state index contributed by atoms with van der Waals surface area (Å²) in [5, 5.41) is 2.46. The van der Waals surface area contributed by atoms with E-state index in [1.54, 1.807) is 0 Å².